The van der Waals surface area contributed by atoms with Gasteiger partial charge in [0.2, 0.25) is 0 Å². The largest absolute Gasteiger partial charge is 0.469 e. The predicted molar refractivity (Wildman–Crippen MR) is 76.4 cm³/mol. The van der Waals surface area contributed by atoms with Crippen LogP contribution in [0.25, 0.3) is 0 Å². The molecule has 102 valence electrons. The lowest BCUT2D eigenvalue weighted by Gasteiger charge is -2.04. The van der Waals surface area contributed by atoms with Gasteiger partial charge in [-0.2, -0.15) is 0 Å². The highest BCUT2D eigenvalue weighted by Crippen LogP contribution is 2.15. The average molecular weight is 269 g/mol. The van der Waals surface area contributed by atoms with Gasteiger partial charge in [0, 0.05) is 17.7 Å². The smallest absolute Gasteiger partial charge is 0.259 e. The van der Waals surface area contributed by atoms with Crippen molar-refractivity contribution < 1.29 is 14.3 Å². The standard InChI is InChI=1S/C16H15NO3/c1-2-15-14(9-11-20-15)16(19)17-13-7-5-12(6-8-13)4-3-10-18/h5-9,11,18H,2,10H2,1H3,(H,17,19). The van der Waals surface area contributed by atoms with Crippen molar-refractivity contribution in [3.8, 4) is 11.8 Å². The van der Waals surface area contributed by atoms with Crippen molar-refractivity contribution >= 4 is 11.6 Å². The lowest BCUT2D eigenvalue weighted by atomic mass is 10.2. The van der Waals surface area contributed by atoms with E-state index in [-0.39, 0.29) is 12.5 Å². The lowest BCUT2D eigenvalue weighted by Crippen LogP contribution is -2.12. The monoisotopic (exact) mass is 269 g/mol. The minimum atomic E-state index is -0.190. The summed E-state index contributed by atoms with van der Waals surface area (Å²) in [5.74, 6) is 5.84. The summed E-state index contributed by atoms with van der Waals surface area (Å²) in [6.07, 6.45) is 2.19. The predicted octanol–water partition coefficient (Wildman–Crippen LogP) is 2.44. The van der Waals surface area contributed by atoms with E-state index in [2.05, 4.69) is 17.2 Å². The Morgan fingerprint density at radius 3 is 2.70 bits per heavy atom. The zero-order valence-corrected chi connectivity index (χ0v) is 11.1. The van der Waals surface area contributed by atoms with Crippen molar-refractivity contribution in [3.63, 3.8) is 0 Å². The fourth-order valence-corrected chi connectivity index (χ4v) is 1.79. The van der Waals surface area contributed by atoms with E-state index < -0.39 is 0 Å². The van der Waals surface area contributed by atoms with Crippen molar-refractivity contribution in [2.45, 2.75) is 13.3 Å². The lowest BCUT2D eigenvalue weighted by molar-refractivity contribution is 0.102. The summed E-state index contributed by atoms with van der Waals surface area (Å²) in [7, 11) is 0. The Hall–Kier alpha value is -2.51. The van der Waals surface area contributed by atoms with E-state index in [9.17, 15) is 4.79 Å². The number of rotatable bonds is 3. The molecule has 1 aromatic heterocycles. The summed E-state index contributed by atoms with van der Waals surface area (Å²) in [6.45, 7) is 1.77. The van der Waals surface area contributed by atoms with Gasteiger partial charge < -0.3 is 14.8 Å². The van der Waals surface area contributed by atoms with Gasteiger partial charge in [0.25, 0.3) is 5.91 Å². The molecule has 0 saturated carbocycles. The molecule has 0 aliphatic carbocycles. The maximum atomic E-state index is 12.1. The van der Waals surface area contributed by atoms with Crippen LogP contribution in [-0.4, -0.2) is 17.6 Å². The minimum Gasteiger partial charge on any atom is -0.469 e. The van der Waals surface area contributed by atoms with Gasteiger partial charge in [-0.15, -0.1) is 0 Å². The van der Waals surface area contributed by atoms with E-state index in [4.69, 9.17) is 9.52 Å². The van der Waals surface area contributed by atoms with E-state index in [1.807, 2.05) is 6.92 Å². The molecule has 20 heavy (non-hydrogen) atoms. The first kappa shape index (κ1) is 13.9. The van der Waals surface area contributed by atoms with Gasteiger partial charge in [0.05, 0.1) is 11.8 Å². The third-order valence-electron chi connectivity index (χ3n) is 2.77. The fourth-order valence-electron chi connectivity index (χ4n) is 1.79. The molecule has 0 unspecified atom stereocenters. The number of hydrogen-bond donors (Lipinski definition) is 2. The number of anilines is 1. The molecule has 2 N–H and O–H groups in total. The number of aliphatic hydroxyl groups is 1. The van der Waals surface area contributed by atoms with E-state index >= 15 is 0 Å². The molecular formula is C16H15NO3. The first-order valence-electron chi connectivity index (χ1n) is 6.32. The SMILES string of the molecule is CCc1occc1C(=O)Nc1ccc(C#CCO)cc1. The second-order valence-electron chi connectivity index (χ2n) is 4.10. The van der Waals surface area contributed by atoms with Crippen LogP contribution in [0.2, 0.25) is 0 Å². The zero-order valence-electron chi connectivity index (χ0n) is 11.1. The highest BCUT2D eigenvalue weighted by atomic mass is 16.3. The van der Waals surface area contributed by atoms with Crippen LogP contribution in [0.3, 0.4) is 0 Å². The molecule has 1 heterocycles. The maximum Gasteiger partial charge on any atom is 0.259 e. The second kappa shape index (κ2) is 6.60. The Kier molecular flexibility index (Phi) is 4.59. The zero-order chi connectivity index (χ0) is 14.4. The van der Waals surface area contributed by atoms with Crippen LogP contribution in [0.5, 0.6) is 0 Å². The van der Waals surface area contributed by atoms with Gasteiger partial charge in [-0.25, -0.2) is 0 Å². The maximum absolute atomic E-state index is 12.1. The van der Waals surface area contributed by atoms with Crippen LogP contribution >= 0.6 is 0 Å². The summed E-state index contributed by atoms with van der Waals surface area (Å²) in [6, 6.07) is 8.77. The molecule has 0 radical (unpaired) electrons. The number of benzene rings is 1. The molecule has 0 aliphatic rings. The van der Waals surface area contributed by atoms with Crippen molar-refractivity contribution in [1.82, 2.24) is 0 Å². The quantitative estimate of drug-likeness (QED) is 0.841. The van der Waals surface area contributed by atoms with Gasteiger partial charge in [-0.1, -0.05) is 18.8 Å². The molecule has 0 aliphatic heterocycles. The fraction of sp³-hybridized carbons (Fsp3) is 0.188. The average Bonchev–Trinajstić information content (AvgIpc) is 2.95. The third kappa shape index (κ3) is 3.28. The summed E-state index contributed by atoms with van der Waals surface area (Å²) >= 11 is 0. The Labute approximate surface area is 117 Å². The molecule has 2 aromatic rings. The number of amides is 1. The van der Waals surface area contributed by atoms with Gasteiger partial charge >= 0.3 is 0 Å². The molecule has 0 saturated heterocycles. The van der Waals surface area contributed by atoms with Crippen LogP contribution in [0.4, 0.5) is 5.69 Å². The van der Waals surface area contributed by atoms with E-state index in [0.717, 1.165) is 5.56 Å². The summed E-state index contributed by atoms with van der Waals surface area (Å²) in [4.78, 5) is 12.1. The molecule has 0 fully saturated rings. The van der Waals surface area contributed by atoms with Crippen LogP contribution in [0, 0.1) is 11.8 Å². The number of aryl methyl sites for hydroxylation is 1. The van der Waals surface area contributed by atoms with E-state index in [1.165, 1.54) is 6.26 Å². The van der Waals surface area contributed by atoms with Crippen LogP contribution in [-0.2, 0) is 6.42 Å². The van der Waals surface area contributed by atoms with Crippen LogP contribution in [0.1, 0.15) is 28.6 Å². The second-order valence-corrected chi connectivity index (χ2v) is 4.10. The summed E-state index contributed by atoms with van der Waals surface area (Å²) < 4.78 is 5.23. The molecule has 1 aromatic carbocycles. The third-order valence-corrected chi connectivity index (χ3v) is 2.77. The molecule has 0 spiro atoms. The molecule has 4 heteroatoms. The van der Waals surface area contributed by atoms with Gasteiger partial charge in [-0.3, -0.25) is 4.79 Å². The van der Waals surface area contributed by atoms with Crippen molar-refractivity contribution in [3.05, 3.63) is 53.5 Å². The number of aliphatic hydroxyl groups excluding tert-OH is 1. The number of nitrogens with one attached hydrogen (secondary N) is 1. The highest BCUT2D eigenvalue weighted by molar-refractivity contribution is 6.04. The summed E-state index contributed by atoms with van der Waals surface area (Å²) in [5.41, 5.74) is 2.03. The summed E-state index contributed by atoms with van der Waals surface area (Å²) in [5, 5.41) is 11.4. The molecule has 2 rings (SSSR count). The van der Waals surface area contributed by atoms with Crippen LogP contribution in [0.15, 0.2) is 41.0 Å². The first-order chi connectivity index (χ1) is 9.74. The Bertz CT molecular complexity index is 644. The van der Waals surface area contributed by atoms with E-state index in [1.54, 1.807) is 30.3 Å². The minimum absolute atomic E-state index is 0.168. The number of carbonyl (C=O) groups excluding carboxylic acids is 1. The number of furan rings is 1. The molecule has 0 atom stereocenters. The molecule has 4 nitrogen and oxygen atoms in total. The van der Waals surface area contributed by atoms with Crippen molar-refractivity contribution in [1.29, 1.82) is 0 Å². The topological polar surface area (TPSA) is 62.5 Å². The Morgan fingerprint density at radius 1 is 1.30 bits per heavy atom. The highest BCUT2D eigenvalue weighted by Gasteiger charge is 2.13. The van der Waals surface area contributed by atoms with Crippen molar-refractivity contribution in [2.75, 3.05) is 11.9 Å². The van der Waals surface area contributed by atoms with Crippen molar-refractivity contribution in [2.24, 2.45) is 0 Å². The van der Waals surface area contributed by atoms with E-state index in [0.29, 0.717) is 23.4 Å². The Morgan fingerprint density at radius 2 is 2.05 bits per heavy atom. The van der Waals surface area contributed by atoms with Gasteiger partial charge in [-0.05, 0) is 30.3 Å². The van der Waals surface area contributed by atoms with Crippen LogP contribution < -0.4 is 5.32 Å². The Balaban J connectivity index is 2.08. The number of hydrogen-bond acceptors (Lipinski definition) is 3. The normalized spacial score (nSPS) is 9.70. The number of carbonyl (C=O) groups is 1. The molecule has 1 amide bonds. The molecular weight excluding hydrogens is 254 g/mol. The molecule has 0 bridgehead atoms. The van der Waals surface area contributed by atoms with Gasteiger partial charge in [0.1, 0.15) is 12.4 Å². The van der Waals surface area contributed by atoms with Gasteiger partial charge in [0.15, 0.2) is 0 Å². The first-order valence-corrected chi connectivity index (χ1v) is 6.32.